The molecule has 0 aliphatic carbocycles. The van der Waals surface area contributed by atoms with E-state index in [2.05, 4.69) is 5.92 Å². The quantitative estimate of drug-likeness (QED) is 0.563. The summed E-state index contributed by atoms with van der Waals surface area (Å²) in [6.45, 7) is 4.17. The summed E-state index contributed by atoms with van der Waals surface area (Å²) in [6, 6.07) is 3.85. The Morgan fingerprint density at radius 2 is 2.29 bits per heavy atom. The fraction of sp³-hybridized carbons (Fsp3) is 0.455. The zero-order chi connectivity index (χ0) is 10.6. The summed E-state index contributed by atoms with van der Waals surface area (Å²) >= 11 is 1.57. The Morgan fingerprint density at radius 3 is 2.79 bits per heavy atom. The summed E-state index contributed by atoms with van der Waals surface area (Å²) in [5.41, 5.74) is -0.458. The molecule has 0 N–H and O–H groups in total. The molecule has 0 radical (unpaired) electrons. The van der Waals surface area contributed by atoms with Gasteiger partial charge in [0.2, 0.25) is 0 Å². The summed E-state index contributed by atoms with van der Waals surface area (Å²) in [5.74, 6) is 3.25. The van der Waals surface area contributed by atoms with Gasteiger partial charge in [-0.15, -0.1) is 6.42 Å². The maximum Gasteiger partial charge on any atom is 0.160 e. The van der Waals surface area contributed by atoms with Crippen molar-refractivity contribution in [2.75, 3.05) is 12.9 Å². The highest BCUT2D eigenvalue weighted by Gasteiger charge is 2.24. The van der Waals surface area contributed by atoms with E-state index in [4.69, 9.17) is 15.6 Å². The van der Waals surface area contributed by atoms with Gasteiger partial charge in [0.15, 0.2) is 5.09 Å². The van der Waals surface area contributed by atoms with E-state index in [9.17, 15) is 0 Å². The third kappa shape index (κ3) is 2.57. The smallest absolute Gasteiger partial charge is 0.160 e. The Hall–Kier alpha value is -0.850. The zero-order valence-electron chi connectivity index (χ0n) is 8.66. The van der Waals surface area contributed by atoms with Gasteiger partial charge in [0.25, 0.3) is 0 Å². The molecular weight excluding hydrogens is 196 g/mol. The Balaban J connectivity index is 2.76. The fourth-order valence-corrected chi connectivity index (χ4v) is 1.42. The van der Waals surface area contributed by atoms with Crippen LogP contribution in [0, 0.1) is 12.3 Å². The molecule has 0 unspecified atom stereocenters. The van der Waals surface area contributed by atoms with Crippen molar-refractivity contribution in [3.63, 3.8) is 0 Å². The molecular formula is C11H14O2S. The minimum absolute atomic E-state index is 0.294. The average Bonchev–Trinajstić information content (AvgIpc) is 2.63. The van der Waals surface area contributed by atoms with Gasteiger partial charge in [-0.25, -0.2) is 0 Å². The highest BCUT2D eigenvalue weighted by atomic mass is 32.2. The van der Waals surface area contributed by atoms with Crippen LogP contribution < -0.4 is 0 Å². The molecule has 0 spiro atoms. The molecule has 1 rings (SSSR count). The van der Waals surface area contributed by atoms with Crippen LogP contribution in [0.1, 0.15) is 19.6 Å². The predicted molar refractivity (Wildman–Crippen MR) is 58.3 cm³/mol. The molecule has 3 heteroatoms. The molecule has 1 heterocycles. The topological polar surface area (TPSA) is 22.4 Å². The van der Waals surface area contributed by atoms with E-state index < -0.39 is 5.60 Å². The van der Waals surface area contributed by atoms with Crippen LogP contribution in [-0.4, -0.2) is 12.9 Å². The summed E-state index contributed by atoms with van der Waals surface area (Å²) in [7, 11) is 0. The number of thioether (sulfide) groups is 1. The predicted octanol–water partition coefficient (Wildman–Crippen LogP) is 2.89. The minimum Gasteiger partial charge on any atom is -0.452 e. The van der Waals surface area contributed by atoms with Gasteiger partial charge in [0, 0.05) is 0 Å². The van der Waals surface area contributed by atoms with Gasteiger partial charge < -0.3 is 9.15 Å². The maximum atomic E-state index is 5.56. The van der Waals surface area contributed by atoms with Crippen LogP contribution >= 0.6 is 11.8 Å². The summed E-state index contributed by atoms with van der Waals surface area (Å²) in [6.07, 6.45) is 7.11. The SMILES string of the molecule is C#CCOC(C)(C)c1ccc(SC)o1. The number of terminal acetylenes is 1. The third-order valence-corrected chi connectivity index (χ3v) is 2.51. The number of ether oxygens (including phenoxy) is 1. The highest BCUT2D eigenvalue weighted by molar-refractivity contribution is 7.98. The molecule has 0 saturated heterocycles. The second kappa shape index (κ2) is 4.59. The van der Waals surface area contributed by atoms with E-state index in [0.29, 0.717) is 6.61 Å². The summed E-state index contributed by atoms with van der Waals surface area (Å²) in [4.78, 5) is 0. The Bertz CT molecular complexity index is 333. The molecule has 1 aromatic heterocycles. The molecule has 76 valence electrons. The van der Waals surface area contributed by atoms with Crippen LogP contribution in [0.2, 0.25) is 0 Å². The molecule has 0 aliphatic rings. The number of hydrogen-bond donors (Lipinski definition) is 0. The first-order valence-corrected chi connectivity index (χ1v) is 5.54. The van der Waals surface area contributed by atoms with E-state index >= 15 is 0 Å². The van der Waals surface area contributed by atoms with Gasteiger partial charge in [-0.2, -0.15) is 0 Å². The summed E-state index contributed by atoms with van der Waals surface area (Å²) < 4.78 is 11.0. The molecule has 2 nitrogen and oxygen atoms in total. The lowest BCUT2D eigenvalue weighted by atomic mass is 10.1. The second-order valence-electron chi connectivity index (χ2n) is 3.33. The van der Waals surface area contributed by atoms with Crippen molar-refractivity contribution in [2.45, 2.75) is 24.5 Å². The van der Waals surface area contributed by atoms with Crippen molar-refractivity contribution in [3.8, 4) is 12.3 Å². The molecule has 0 aliphatic heterocycles. The van der Waals surface area contributed by atoms with Gasteiger partial charge in [-0.05, 0) is 32.2 Å². The van der Waals surface area contributed by atoms with E-state index in [0.717, 1.165) is 10.9 Å². The van der Waals surface area contributed by atoms with Crippen molar-refractivity contribution >= 4 is 11.8 Å². The van der Waals surface area contributed by atoms with Gasteiger partial charge in [-0.3, -0.25) is 0 Å². The largest absolute Gasteiger partial charge is 0.452 e. The van der Waals surface area contributed by atoms with Crippen molar-refractivity contribution in [3.05, 3.63) is 17.9 Å². The molecule has 0 atom stereocenters. The van der Waals surface area contributed by atoms with Crippen molar-refractivity contribution < 1.29 is 9.15 Å². The molecule has 0 bridgehead atoms. The molecule has 1 aromatic rings. The fourth-order valence-electron chi connectivity index (χ4n) is 1.05. The van der Waals surface area contributed by atoms with Gasteiger partial charge in [0.05, 0.1) is 0 Å². The van der Waals surface area contributed by atoms with Gasteiger partial charge in [0.1, 0.15) is 18.0 Å². The number of hydrogen-bond acceptors (Lipinski definition) is 3. The number of rotatable bonds is 4. The van der Waals surface area contributed by atoms with E-state index in [1.807, 2.05) is 32.2 Å². The van der Waals surface area contributed by atoms with Crippen molar-refractivity contribution in [2.24, 2.45) is 0 Å². The lowest BCUT2D eigenvalue weighted by Crippen LogP contribution is -2.20. The monoisotopic (exact) mass is 210 g/mol. The van der Waals surface area contributed by atoms with Crippen LogP contribution in [0.5, 0.6) is 0 Å². The number of furan rings is 1. The first-order chi connectivity index (χ1) is 6.60. The van der Waals surface area contributed by atoms with Crippen LogP contribution in [0.3, 0.4) is 0 Å². The van der Waals surface area contributed by atoms with E-state index in [1.54, 1.807) is 11.8 Å². The Kier molecular flexibility index (Phi) is 3.68. The second-order valence-corrected chi connectivity index (χ2v) is 4.14. The minimum atomic E-state index is -0.458. The van der Waals surface area contributed by atoms with Crippen LogP contribution in [0.25, 0.3) is 0 Å². The van der Waals surface area contributed by atoms with Crippen LogP contribution in [0.4, 0.5) is 0 Å². The van der Waals surface area contributed by atoms with Crippen molar-refractivity contribution in [1.82, 2.24) is 0 Å². The molecule has 0 aromatic carbocycles. The van der Waals surface area contributed by atoms with E-state index in [-0.39, 0.29) is 0 Å². The molecule has 14 heavy (non-hydrogen) atoms. The molecule has 0 amide bonds. The average molecular weight is 210 g/mol. The molecule has 0 saturated carbocycles. The standard InChI is InChI=1S/C11H14O2S/c1-5-8-12-11(2,3)9-6-7-10(13-9)14-4/h1,6-7H,8H2,2-4H3. The van der Waals surface area contributed by atoms with Crippen molar-refractivity contribution in [1.29, 1.82) is 0 Å². The first kappa shape index (κ1) is 11.2. The van der Waals surface area contributed by atoms with Gasteiger partial charge in [-0.1, -0.05) is 17.7 Å². The molecule has 0 fully saturated rings. The highest BCUT2D eigenvalue weighted by Crippen LogP contribution is 2.29. The first-order valence-electron chi connectivity index (χ1n) is 4.32. The Labute approximate surface area is 89.0 Å². The lowest BCUT2D eigenvalue weighted by Gasteiger charge is -2.21. The Morgan fingerprint density at radius 1 is 1.57 bits per heavy atom. The van der Waals surface area contributed by atoms with Crippen LogP contribution in [0.15, 0.2) is 21.6 Å². The lowest BCUT2D eigenvalue weighted by molar-refractivity contribution is -0.0205. The maximum absolute atomic E-state index is 5.56. The van der Waals surface area contributed by atoms with Crippen LogP contribution in [-0.2, 0) is 10.3 Å². The third-order valence-electron chi connectivity index (χ3n) is 1.89. The zero-order valence-corrected chi connectivity index (χ0v) is 9.48. The normalized spacial score (nSPS) is 11.3. The van der Waals surface area contributed by atoms with Gasteiger partial charge >= 0.3 is 0 Å². The summed E-state index contributed by atoms with van der Waals surface area (Å²) in [5, 5.41) is 0.886. The van der Waals surface area contributed by atoms with E-state index in [1.165, 1.54) is 0 Å².